The lowest BCUT2D eigenvalue weighted by molar-refractivity contribution is 0.636. The summed E-state index contributed by atoms with van der Waals surface area (Å²) in [5.74, 6) is 0.880. The van der Waals surface area contributed by atoms with E-state index >= 15 is 0 Å². The first-order chi connectivity index (χ1) is 7.79. The van der Waals surface area contributed by atoms with Crippen molar-refractivity contribution in [1.29, 1.82) is 0 Å². The highest BCUT2D eigenvalue weighted by atomic mass is 15.1. The van der Waals surface area contributed by atoms with Crippen LogP contribution in [-0.4, -0.2) is 9.55 Å². The lowest BCUT2D eigenvalue weighted by Gasteiger charge is -2.04. The highest BCUT2D eigenvalue weighted by molar-refractivity contribution is 5.35. The number of aromatic nitrogens is 2. The van der Waals surface area contributed by atoms with Crippen molar-refractivity contribution in [3.05, 3.63) is 12.0 Å². The number of imidazole rings is 1. The van der Waals surface area contributed by atoms with Crippen LogP contribution in [0.3, 0.4) is 0 Å². The van der Waals surface area contributed by atoms with Crippen molar-refractivity contribution in [2.75, 3.05) is 5.73 Å². The molecule has 92 valence electrons. The molecule has 0 aliphatic rings. The van der Waals surface area contributed by atoms with Crippen molar-refractivity contribution in [1.82, 2.24) is 9.55 Å². The number of anilines is 1. The normalized spacial score (nSPS) is 10.9. The summed E-state index contributed by atoms with van der Waals surface area (Å²) in [7, 11) is 0. The largest absolute Gasteiger partial charge is 0.384 e. The van der Waals surface area contributed by atoms with Gasteiger partial charge in [0, 0.05) is 6.54 Å². The fourth-order valence-electron chi connectivity index (χ4n) is 1.85. The van der Waals surface area contributed by atoms with Crippen LogP contribution in [0.2, 0.25) is 0 Å². The molecule has 1 aromatic rings. The smallest absolute Gasteiger partial charge is 0.126 e. The Morgan fingerprint density at radius 2 is 1.88 bits per heavy atom. The Labute approximate surface area is 99.1 Å². The van der Waals surface area contributed by atoms with Crippen molar-refractivity contribution in [3.8, 4) is 0 Å². The molecule has 0 bridgehead atoms. The SMILES string of the molecule is CCCCCCc1ncn(CCCC)c1N. The Kier molecular flexibility index (Phi) is 5.98. The van der Waals surface area contributed by atoms with Crippen LogP contribution in [-0.2, 0) is 13.0 Å². The first-order valence-electron chi connectivity index (χ1n) is 6.59. The molecule has 0 aliphatic carbocycles. The minimum atomic E-state index is 0.880. The summed E-state index contributed by atoms with van der Waals surface area (Å²) >= 11 is 0. The first-order valence-corrected chi connectivity index (χ1v) is 6.59. The molecule has 0 aliphatic heterocycles. The zero-order chi connectivity index (χ0) is 11.8. The molecular weight excluding hydrogens is 198 g/mol. The molecule has 0 aromatic carbocycles. The van der Waals surface area contributed by atoms with Gasteiger partial charge in [0.1, 0.15) is 5.82 Å². The summed E-state index contributed by atoms with van der Waals surface area (Å²) in [6.45, 7) is 5.43. The Bertz CT molecular complexity index is 291. The summed E-state index contributed by atoms with van der Waals surface area (Å²) in [6, 6.07) is 0. The van der Waals surface area contributed by atoms with Crippen molar-refractivity contribution in [3.63, 3.8) is 0 Å². The Balaban J connectivity index is 2.38. The summed E-state index contributed by atoms with van der Waals surface area (Å²) in [6.07, 6.45) is 10.4. The standard InChI is InChI=1S/C13H25N3/c1-3-5-7-8-9-12-13(14)16(11-15-12)10-6-4-2/h11H,3-10,14H2,1-2H3. The summed E-state index contributed by atoms with van der Waals surface area (Å²) in [5.41, 5.74) is 7.15. The Morgan fingerprint density at radius 1 is 1.12 bits per heavy atom. The van der Waals surface area contributed by atoms with Crippen LogP contribution in [0.1, 0.15) is 58.1 Å². The second-order valence-corrected chi connectivity index (χ2v) is 4.43. The molecule has 1 aromatic heterocycles. The second-order valence-electron chi connectivity index (χ2n) is 4.43. The van der Waals surface area contributed by atoms with Gasteiger partial charge < -0.3 is 10.3 Å². The summed E-state index contributed by atoms with van der Waals surface area (Å²) in [4.78, 5) is 4.40. The minimum absolute atomic E-state index is 0.880. The third kappa shape index (κ3) is 3.87. The van der Waals surface area contributed by atoms with Crippen LogP contribution in [0.5, 0.6) is 0 Å². The van der Waals surface area contributed by atoms with E-state index in [9.17, 15) is 0 Å². The summed E-state index contributed by atoms with van der Waals surface area (Å²) < 4.78 is 2.08. The van der Waals surface area contributed by atoms with Crippen LogP contribution in [0, 0.1) is 0 Å². The van der Waals surface area contributed by atoms with E-state index in [0.29, 0.717) is 0 Å². The van der Waals surface area contributed by atoms with E-state index in [1.807, 2.05) is 6.33 Å². The van der Waals surface area contributed by atoms with E-state index in [-0.39, 0.29) is 0 Å². The van der Waals surface area contributed by atoms with E-state index < -0.39 is 0 Å². The number of unbranched alkanes of at least 4 members (excludes halogenated alkanes) is 4. The minimum Gasteiger partial charge on any atom is -0.384 e. The molecule has 0 amide bonds. The zero-order valence-corrected chi connectivity index (χ0v) is 10.7. The quantitative estimate of drug-likeness (QED) is 0.686. The topological polar surface area (TPSA) is 43.8 Å². The van der Waals surface area contributed by atoms with E-state index in [1.165, 1.54) is 38.5 Å². The number of nitrogens with zero attached hydrogens (tertiary/aromatic N) is 2. The monoisotopic (exact) mass is 223 g/mol. The van der Waals surface area contributed by atoms with Crippen LogP contribution in [0.15, 0.2) is 6.33 Å². The molecule has 0 saturated heterocycles. The van der Waals surface area contributed by atoms with Crippen LogP contribution in [0.25, 0.3) is 0 Å². The Hall–Kier alpha value is -0.990. The van der Waals surface area contributed by atoms with Gasteiger partial charge >= 0.3 is 0 Å². The van der Waals surface area contributed by atoms with E-state index in [0.717, 1.165) is 24.5 Å². The average Bonchev–Trinajstić information content (AvgIpc) is 2.64. The fourth-order valence-corrected chi connectivity index (χ4v) is 1.85. The van der Waals surface area contributed by atoms with E-state index in [2.05, 4.69) is 23.4 Å². The molecule has 1 heterocycles. The van der Waals surface area contributed by atoms with Gasteiger partial charge in [0.05, 0.1) is 12.0 Å². The molecule has 3 heteroatoms. The van der Waals surface area contributed by atoms with Crippen molar-refractivity contribution in [2.24, 2.45) is 0 Å². The number of hydrogen-bond donors (Lipinski definition) is 1. The molecule has 0 fully saturated rings. The van der Waals surface area contributed by atoms with Crippen LogP contribution < -0.4 is 5.73 Å². The predicted octanol–water partition coefficient (Wildman–Crippen LogP) is 3.39. The lowest BCUT2D eigenvalue weighted by atomic mass is 10.1. The first kappa shape index (κ1) is 13.1. The number of rotatable bonds is 8. The summed E-state index contributed by atoms with van der Waals surface area (Å²) in [5, 5.41) is 0. The van der Waals surface area contributed by atoms with Crippen LogP contribution >= 0.6 is 0 Å². The van der Waals surface area contributed by atoms with Gasteiger partial charge in [0.15, 0.2) is 0 Å². The fraction of sp³-hybridized carbons (Fsp3) is 0.769. The molecule has 0 saturated carbocycles. The third-order valence-corrected chi connectivity index (χ3v) is 2.98. The van der Waals surface area contributed by atoms with Gasteiger partial charge in [0.2, 0.25) is 0 Å². The molecule has 1 rings (SSSR count). The van der Waals surface area contributed by atoms with E-state index in [4.69, 9.17) is 5.73 Å². The molecule has 2 N–H and O–H groups in total. The molecule has 0 spiro atoms. The number of hydrogen-bond acceptors (Lipinski definition) is 2. The maximum absolute atomic E-state index is 6.06. The second kappa shape index (κ2) is 7.31. The van der Waals surface area contributed by atoms with Crippen molar-refractivity contribution < 1.29 is 0 Å². The highest BCUT2D eigenvalue weighted by Crippen LogP contribution is 2.14. The van der Waals surface area contributed by atoms with Gasteiger partial charge in [-0.1, -0.05) is 39.5 Å². The molecule has 0 unspecified atom stereocenters. The predicted molar refractivity (Wildman–Crippen MR) is 69.4 cm³/mol. The van der Waals surface area contributed by atoms with Gasteiger partial charge in [-0.05, 0) is 19.3 Å². The van der Waals surface area contributed by atoms with Gasteiger partial charge in [-0.15, -0.1) is 0 Å². The van der Waals surface area contributed by atoms with E-state index in [1.54, 1.807) is 0 Å². The maximum atomic E-state index is 6.06. The number of nitrogens with two attached hydrogens (primary N) is 1. The molecule has 0 atom stereocenters. The Morgan fingerprint density at radius 3 is 2.56 bits per heavy atom. The number of aryl methyl sites for hydroxylation is 2. The molecule has 3 nitrogen and oxygen atoms in total. The molecule has 16 heavy (non-hydrogen) atoms. The molecular formula is C13H25N3. The molecule has 0 radical (unpaired) electrons. The highest BCUT2D eigenvalue weighted by Gasteiger charge is 2.06. The lowest BCUT2D eigenvalue weighted by Crippen LogP contribution is -2.03. The van der Waals surface area contributed by atoms with Crippen molar-refractivity contribution in [2.45, 2.75) is 65.3 Å². The maximum Gasteiger partial charge on any atom is 0.126 e. The van der Waals surface area contributed by atoms with Crippen LogP contribution in [0.4, 0.5) is 5.82 Å². The van der Waals surface area contributed by atoms with Gasteiger partial charge in [-0.3, -0.25) is 0 Å². The zero-order valence-electron chi connectivity index (χ0n) is 10.7. The van der Waals surface area contributed by atoms with Gasteiger partial charge in [-0.25, -0.2) is 4.98 Å². The van der Waals surface area contributed by atoms with Gasteiger partial charge in [0.25, 0.3) is 0 Å². The third-order valence-electron chi connectivity index (χ3n) is 2.98. The van der Waals surface area contributed by atoms with Gasteiger partial charge in [-0.2, -0.15) is 0 Å². The average molecular weight is 223 g/mol. The number of nitrogen functional groups attached to an aromatic ring is 1. The van der Waals surface area contributed by atoms with Crippen molar-refractivity contribution >= 4 is 5.82 Å².